The highest BCUT2D eigenvalue weighted by atomic mass is 16.5. The van der Waals surface area contributed by atoms with Crippen LogP contribution in [-0.2, 0) is 0 Å². The van der Waals surface area contributed by atoms with Crippen LogP contribution in [0, 0.1) is 0 Å². The van der Waals surface area contributed by atoms with Gasteiger partial charge in [0, 0.05) is 12.1 Å². The first-order valence-corrected chi connectivity index (χ1v) is 13.8. The third-order valence-corrected chi connectivity index (χ3v) is 7.29. The number of ether oxygens (including phenoxy) is 2. The van der Waals surface area contributed by atoms with Crippen molar-refractivity contribution in [2.75, 3.05) is 18.4 Å². The molecular formula is C31H43N2O2+. The molecule has 4 heteroatoms. The average molecular weight is 476 g/mol. The maximum Gasteiger partial charge on any atom is 0.258 e. The lowest BCUT2D eigenvalue weighted by Crippen LogP contribution is -2.56. The van der Waals surface area contributed by atoms with Gasteiger partial charge in [-0.1, -0.05) is 82.7 Å². The summed E-state index contributed by atoms with van der Waals surface area (Å²) in [5.41, 5.74) is 2.37. The zero-order valence-corrected chi connectivity index (χ0v) is 21.7. The lowest BCUT2D eigenvalue weighted by atomic mass is 10.1. The number of hydrogen-bond acceptors (Lipinski definition) is 3. The van der Waals surface area contributed by atoms with Crippen LogP contribution in [0.3, 0.4) is 0 Å². The van der Waals surface area contributed by atoms with E-state index in [4.69, 9.17) is 9.47 Å². The Morgan fingerprint density at radius 1 is 0.771 bits per heavy atom. The third-order valence-electron chi connectivity index (χ3n) is 7.29. The molecule has 0 aliphatic carbocycles. The van der Waals surface area contributed by atoms with Gasteiger partial charge in [0.1, 0.15) is 0 Å². The Morgan fingerprint density at radius 3 is 2.09 bits per heavy atom. The molecule has 2 aromatic rings. The molecule has 0 saturated carbocycles. The molecule has 188 valence electrons. The SMILES string of the molecule is CCCCCCC[N+]1(CCCCCCC)c2ccccc2OC1C=CC=C1Nc2ccccc2O1. The van der Waals surface area contributed by atoms with E-state index in [2.05, 4.69) is 55.6 Å². The second-order valence-electron chi connectivity index (χ2n) is 9.92. The number of nitrogens with one attached hydrogen (secondary N) is 1. The molecule has 2 aliphatic rings. The molecule has 0 spiro atoms. The van der Waals surface area contributed by atoms with Crippen molar-refractivity contribution in [1.82, 2.24) is 4.48 Å². The summed E-state index contributed by atoms with van der Waals surface area (Å²) in [5.74, 6) is 2.68. The number of benzene rings is 2. The van der Waals surface area contributed by atoms with Gasteiger partial charge in [-0.15, -0.1) is 0 Å². The van der Waals surface area contributed by atoms with Crippen molar-refractivity contribution in [3.63, 3.8) is 0 Å². The number of para-hydroxylation sites is 4. The summed E-state index contributed by atoms with van der Waals surface area (Å²) < 4.78 is 13.4. The number of rotatable bonds is 14. The van der Waals surface area contributed by atoms with Gasteiger partial charge in [-0.3, -0.25) is 0 Å². The van der Waals surface area contributed by atoms with Crippen LogP contribution in [0.4, 0.5) is 11.4 Å². The molecular weight excluding hydrogens is 432 g/mol. The van der Waals surface area contributed by atoms with Gasteiger partial charge in [-0.2, -0.15) is 0 Å². The Balaban J connectivity index is 1.51. The number of quaternary nitrogens is 1. The first kappa shape index (κ1) is 25.4. The van der Waals surface area contributed by atoms with E-state index in [-0.39, 0.29) is 6.23 Å². The number of hydrogen-bond donors (Lipinski definition) is 1. The fourth-order valence-corrected chi connectivity index (χ4v) is 5.35. The van der Waals surface area contributed by atoms with Crippen LogP contribution in [-0.4, -0.2) is 19.3 Å². The van der Waals surface area contributed by atoms with Gasteiger partial charge in [0.15, 0.2) is 23.1 Å². The fraction of sp³-hybridized carbons (Fsp3) is 0.484. The molecule has 1 atom stereocenters. The minimum absolute atomic E-state index is 0.00891. The smallest absolute Gasteiger partial charge is 0.258 e. The van der Waals surface area contributed by atoms with Crippen molar-refractivity contribution in [3.05, 3.63) is 72.6 Å². The van der Waals surface area contributed by atoms with Crippen LogP contribution in [0.1, 0.15) is 78.1 Å². The molecule has 0 amide bonds. The van der Waals surface area contributed by atoms with E-state index in [1.165, 1.54) is 69.9 Å². The summed E-state index contributed by atoms with van der Waals surface area (Å²) in [6.45, 7) is 6.82. The van der Waals surface area contributed by atoms with Gasteiger partial charge >= 0.3 is 0 Å². The van der Waals surface area contributed by atoms with E-state index in [0.717, 1.165) is 40.6 Å². The summed E-state index contributed by atoms with van der Waals surface area (Å²) in [7, 11) is 0. The van der Waals surface area contributed by atoms with E-state index in [1.807, 2.05) is 30.3 Å². The van der Waals surface area contributed by atoms with E-state index in [1.54, 1.807) is 0 Å². The molecule has 1 N–H and O–H groups in total. The van der Waals surface area contributed by atoms with Crippen LogP contribution in [0.15, 0.2) is 72.6 Å². The number of nitrogens with zero attached hydrogens (tertiary/aromatic N) is 1. The Bertz CT molecular complexity index is 956. The number of fused-ring (bicyclic) bond motifs is 2. The average Bonchev–Trinajstić information content (AvgIpc) is 3.43. The van der Waals surface area contributed by atoms with E-state index in [9.17, 15) is 0 Å². The highest BCUT2D eigenvalue weighted by Gasteiger charge is 2.46. The zero-order chi connectivity index (χ0) is 24.3. The summed E-state index contributed by atoms with van der Waals surface area (Å²) in [6.07, 6.45) is 19.3. The van der Waals surface area contributed by atoms with Crippen LogP contribution in [0.2, 0.25) is 0 Å². The molecule has 35 heavy (non-hydrogen) atoms. The maximum absolute atomic E-state index is 6.60. The standard InChI is InChI=1S/C31H43N2O2/c1-3-5-7-9-15-24-33(25-16-10-8-6-4-2)27-19-12-14-21-29(27)35-31(33)23-17-22-30-32-26-18-11-13-20-28(26)34-30/h11-14,17-23,31-32H,3-10,15-16,24-25H2,1-2H3/q+1. The molecule has 0 saturated heterocycles. The molecule has 1 unspecified atom stereocenters. The van der Waals surface area contributed by atoms with Gasteiger partial charge in [0.05, 0.1) is 18.8 Å². The Kier molecular flexibility index (Phi) is 9.30. The molecule has 0 aromatic heterocycles. The molecule has 2 heterocycles. The molecule has 4 nitrogen and oxygen atoms in total. The number of anilines is 1. The quantitative estimate of drug-likeness (QED) is 0.219. The zero-order valence-electron chi connectivity index (χ0n) is 21.7. The first-order chi connectivity index (χ1) is 17.3. The summed E-state index contributed by atoms with van der Waals surface area (Å²) in [4.78, 5) is 0. The minimum Gasteiger partial charge on any atom is -0.439 e. The van der Waals surface area contributed by atoms with Crippen LogP contribution in [0.5, 0.6) is 11.5 Å². The molecule has 2 aliphatic heterocycles. The molecule has 0 radical (unpaired) electrons. The van der Waals surface area contributed by atoms with E-state index < -0.39 is 0 Å². The predicted molar refractivity (Wildman–Crippen MR) is 148 cm³/mol. The summed E-state index contributed by atoms with van der Waals surface area (Å²) in [5, 5.41) is 3.35. The highest BCUT2D eigenvalue weighted by Crippen LogP contribution is 2.44. The number of allylic oxidation sites excluding steroid dienone is 2. The Morgan fingerprint density at radius 2 is 1.40 bits per heavy atom. The Hall–Kier alpha value is -2.72. The topological polar surface area (TPSA) is 30.5 Å². The van der Waals surface area contributed by atoms with Gasteiger partial charge in [-0.05, 0) is 50.0 Å². The normalized spacial score (nSPS) is 18.8. The minimum atomic E-state index is -0.00891. The lowest BCUT2D eigenvalue weighted by Gasteiger charge is -2.37. The predicted octanol–water partition coefficient (Wildman–Crippen LogP) is 8.56. The Labute approximate surface area is 212 Å². The van der Waals surface area contributed by atoms with Crippen molar-refractivity contribution in [3.8, 4) is 11.5 Å². The second-order valence-corrected chi connectivity index (χ2v) is 9.92. The summed E-state index contributed by atoms with van der Waals surface area (Å²) >= 11 is 0. The van der Waals surface area contributed by atoms with Crippen molar-refractivity contribution in [1.29, 1.82) is 0 Å². The largest absolute Gasteiger partial charge is 0.439 e. The fourth-order valence-electron chi connectivity index (χ4n) is 5.35. The van der Waals surface area contributed by atoms with Gasteiger partial charge in [-0.25, -0.2) is 4.48 Å². The van der Waals surface area contributed by atoms with Crippen molar-refractivity contribution in [2.45, 2.75) is 84.3 Å². The van der Waals surface area contributed by atoms with Crippen LogP contribution >= 0.6 is 0 Å². The van der Waals surface area contributed by atoms with Crippen molar-refractivity contribution >= 4 is 11.4 Å². The molecule has 0 bridgehead atoms. The molecule has 4 rings (SSSR count). The van der Waals surface area contributed by atoms with Gasteiger partial charge in [0.2, 0.25) is 0 Å². The molecule has 0 fully saturated rings. The van der Waals surface area contributed by atoms with Crippen LogP contribution in [0.25, 0.3) is 0 Å². The third kappa shape index (κ3) is 6.29. The van der Waals surface area contributed by atoms with E-state index >= 15 is 0 Å². The van der Waals surface area contributed by atoms with Gasteiger partial charge in [0.25, 0.3) is 6.23 Å². The van der Waals surface area contributed by atoms with E-state index in [0.29, 0.717) is 0 Å². The first-order valence-electron chi connectivity index (χ1n) is 13.8. The van der Waals surface area contributed by atoms with Crippen LogP contribution < -0.4 is 19.3 Å². The summed E-state index contributed by atoms with van der Waals surface area (Å²) in [6, 6.07) is 16.7. The second kappa shape index (κ2) is 12.8. The maximum atomic E-state index is 6.60. The molecule has 2 aromatic carbocycles. The van der Waals surface area contributed by atoms with Crippen molar-refractivity contribution in [2.24, 2.45) is 0 Å². The van der Waals surface area contributed by atoms with Gasteiger partial charge < -0.3 is 14.8 Å². The van der Waals surface area contributed by atoms with Crippen molar-refractivity contribution < 1.29 is 9.47 Å². The monoisotopic (exact) mass is 475 g/mol. The number of unbranched alkanes of at least 4 members (excludes halogenated alkanes) is 8. The highest BCUT2D eigenvalue weighted by molar-refractivity contribution is 5.64. The lowest BCUT2D eigenvalue weighted by molar-refractivity contribution is 0.101.